The van der Waals surface area contributed by atoms with E-state index in [9.17, 15) is 10.2 Å². The fourth-order valence-corrected chi connectivity index (χ4v) is 4.94. The van der Waals surface area contributed by atoms with Gasteiger partial charge in [0.05, 0.1) is 6.10 Å². The lowest BCUT2D eigenvalue weighted by atomic mass is 9.61. The largest absolute Gasteiger partial charge is 0.389 e. The third-order valence-corrected chi connectivity index (χ3v) is 6.49. The van der Waals surface area contributed by atoms with E-state index in [0.29, 0.717) is 5.92 Å². The number of allylic oxidation sites excluding steroid dienone is 3. The van der Waals surface area contributed by atoms with Gasteiger partial charge in [0.25, 0.3) is 0 Å². The van der Waals surface area contributed by atoms with Crippen LogP contribution in [0, 0.1) is 17.3 Å². The molecule has 22 heavy (non-hydrogen) atoms. The maximum atomic E-state index is 10.8. The molecule has 3 rings (SSSR count). The molecule has 5 unspecified atom stereocenters. The molecule has 122 valence electrons. The van der Waals surface area contributed by atoms with E-state index in [1.165, 1.54) is 24.0 Å². The normalized spacial score (nSPS) is 43.0. The van der Waals surface area contributed by atoms with Gasteiger partial charge in [-0.25, -0.2) is 0 Å². The van der Waals surface area contributed by atoms with E-state index >= 15 is 0 Å². The molecule has 2 nitrogen and oxygen atoms in total. The van der Waals surface area contributed by atoms with E-state index < -0.39 is 12.2 Å². The van der Waals surface area contributed by atoms with Crippen molar-refractivity contribution in [1.82, 2.24) is 0 Å². The molecule has 0 aromatic heterocycles. The van der Waals surface area contributed by atoms with Gasteiger partial charge in [-0.2, -0.15) is 0 Å². The SMILES string of the molecule is C=C1C2=CCC(C)CCCC(C)=C3CCC(C)(C13)C(O)C2O. The maximum absolute atomic E-state index is 10.8. The molecule has 2 fully saturated rings. The van der Waals surface area contributed by atoms with Crippen LogP contribution in [0.5, 0.6) is 0 Å². The van der Waals surface area contributed by atoms with Gasteiger partial charge in [-0.1, -0.05) is 44.1 Å². The Bertz CT molecular complexity index is 542. The third-order valence-electron chi connectivity index (χ3n) is 6.49. The Morgan fingerprint density at radius 2 is 2.00 bits per heavy atom. The summed E-state index contributed by atoms with van der Waals surface area (Å²) in [7, 11) is 0. The van der Waals surface area contributed by atoms with E-state index in [0.717, 1.165) is 36.8 Å². The lowest BCUT2D eigenvalue weighted by Gasteiger charge is -2.46. The predicted octanol–water partition coefficient (Wildman–Crippen LogP) is 4.15. The van der Waals surface area contributed by atoms with Gasteiger partial charge in [0.1, 0.15) is 6.10 Å². The van der Waals surface area contributed by atoms with Crippen molar-refractivity contribution in [3.05, 3.63) is 34.9 Å². The van der Waals surface area contributed by atoms with Gasteiger partial charge in [-0.15, -0.1) is 0 Å². The number of aliphatic hydroxyl groups is 2. The Balaban J connectivity index is 2.12. The van der Waals surface area contributed by atoms with Crippen LogP contribution in [0.2, 0.25) is 0 Å². The molecule has 3 aliphatic carbocycles. The standard InChI is InChI=1S/C20H30O2/c1-12-6-5-7-13(2)15-10-11-20(4)17(15)14(3)16(9-8-12)18(21)19(20)22/h9,12,17-19,21-22H,3,5-8,10-11H2,1-2,4H3. The van der Waals surface area contributed by atoms with Crippen molar-refractivity contribution in [2.45, 2.75) is 71.5 Å². The number of hydrogen-bond acceptors (Lipinski definition) is 2. The molecule has 0 spiro atoms. The first-order chi connectivity index (χ1) is 10.4. The Labute approximate surface area is 134 Å². The van der Waals surface area contributed by atoms with Crippen molar-refractivity contribution >= 4 is 0 Å². The Hall–Kier alpha value is -0.860. The molecular formula is C20H30O2. The summed E-state index contributed by atoms with van der Waals surface area (Å²) in [6.07, 6.45) is 7.27. The number of rotatable bonds is 0. The lowest BCUT2D eigenvalue weighted by molar-refractivity contribution is -0.0636. The molecule has 3 aliphatic rings. The summed E-state index contributed by atoms with van der Waals surface area (Å²) in [6.45, 7) is 11.0. The quantitative estimate of drug-likeness (QED) is 0.660. The Morgan fingerprint density at radius 3 is 2.73 bits per heavy atom. The molecule has 5 atom stereocenters. The van der Waals surface area contributed by atoms with E-state index in [1.807, 2.05) is 0 Å². The van der Waals surface area contributed by atoms with Gasteiger partial charge >= 0.3 is 0 Å². The molecule has 0 aromatic carbocycles. The van der Waals surface area contributed by atoms with Gasteiger partial charge in [-0.05, 0) is 56.1 Å². The van der Waals surface area contributed by atoms with Crippen molar-refractivity contribution in [2.75, 3.05) is 0 Å². The molecule has 0 radical (unpaired) electrons. The van der Waals surface area contributed by atoms with Gasteiger partial charge in [0.2, 0.25) is 0 Å². The zero-order valence-corrected chi connectivity index (χ0v) is 14.2. The predicted molar refractivity (Wildman–Crippen MR) is 90.4 cm³/mol. The second-order valence-corrected chi connectivity index (χ2v) is 8.05. The summed E-state index contributed by atoms with van der Waals surface area (Å²) in [5, 5.41) is 21.4. The lowest BCUT2D eigenvalue weighted by Crippen LogP contribution is -2.50. The molecule has 0 saturated heterocycles. The first kappa shape index (κ1) is 16.0. The summed E-state index contributed by atoms with van der Waals surface area (Å²) < 4.78 is 0. The first-order valence-corrected chi connectivity index (χ1v) is 8.80. The zero-order valence-electron chi connectivity index (χ0n) is 14.2. The molecule has 2 bridgehead atoms. The zero-order chi connectivity index (χ0) is 16.1. The van der Waals surface area contributed by atoms with Crippen molar-refractivity contribution in [3.63, 3.8) is 0 Å². The summed E-state index contributed by atoms with van der Waals surface area (Å²) >= 11 is 0. The van der Waals surface area contributed by atoms with Crippen molar-refractivity contribution in [1.29, 1.82) is 0 Å². The van der Waals surface area contributed by atoms with E-state index in [2.05, 4.69) is 33.4 Å². The van der Waals surface area contributed by atoms with Crippen LogP contribution in [0.25, 0.3) is 0 Å². The Kier molecular flexibility index (Phi) is 4.11. The monoisotopic (exact) mass is 302 g/mol. The second-order valence-electron chi connectivity index (χ2n) is 8.05. The van der Waals surface area contributed by atoms with Crippen LogP contribution in [0.15, 0.2) is 34.9 Å². The van der Waals surface area contributed by atoms with Gasteiger partial charge < -0.3 is 10.2 Å². The smallest absolute Gasteiger partial charge is 0.105 e. The maximum Gasteiger partial charge on any atom is 0.105 e. The third kappa shape index (κ3) is 2.32. The molecule has 0 amide bonds. The highest BCUT2D eigenvalue weighted by Crippen LogP contribution is 2.58. The first-order valence-electron chi connectivity index (χ1n) is 8.80. The van der Waals surface area contributed by atoms with E-state index in [1.54, 1.807) is 0 Å². The van der Waals surface area contributed by atoms with Crippen molar-refractivity contribution in [3.8, 4) is 0 Å². The molecule has 2 saturated carbocycles. The van der Waals surface area contributed by atoms with E-state index in [-0.39, 0.29) is 11.3 Å². The summed E-state index contributed by atoms with van der Waals surface area (Å²) in [6, 6.07) is 0. The van der Waals surface area contributed by atoms with Gasteiger partial charge in [0, 0.05) is 11.3 Å². The van der Waals surface area contributed by atoms with Crippen molar-refractivity contribution in [2.24, 2.45) is 17.3 Å². The van der Waals surface area contributed by atoms with Crippen LogP contribution < -0.4 is 0 Å². The summed E-state index contributed by atoms with van der Waals surface area (Å²) in [5.74, 6) is 0.833. The average Bonchev–Trinajstić information content (AvgIpc) is 2.83. The van der Waals surface area contributed by atoms with Crippen LogP contribution in [0.3, 0.4) is 0 Å². The Morgan fingerprint density at radius 1 is 1.27 bits per heavy atom. The minimum absolute atomic E-state index is 0.213. The molecule has 0 aromatic rings. The van der Waals surface area contributed by atoms with Gasteiger partial charge in [-0.3, -0.25) is 0 Å². The van der Waals surface area contributed by atoms with Crippen LogP contribution in [-0.4, -0.2) is 22.4 Å². The van der Waals surface area contributed by atoms with Crippen LogP contribution in [0.1, 0.15) is 59.3 Å². The molecule has 0 aliphatic heterocycles. The van der Waals surface area contributed by atoms with Crippen LogP contribution >= 0.6 is 0 Å². The highest BCUT2D eigenvalue weighted by atomic mass is 16.3. The van der Waals surface area contributed by atoms with E-state index in [4.69, 9.17) is 0 Å². The molecular weight excluding hydrogens is 272 g/mol. The molecule has 2 heteroatoms. The molecule has 0 heterocycles. The summed E-state index contributed by atoms with van der Waals surface area (Å²) in [5.41, 5.74) is 4.67. The van der Waals surface area contributed by atoms with Crippen LogP contribution in [-0.2, 0) is 0 Å². The minimum Gasteiger partial charge on any atom is -0.389 e. The highest BCUT2D eigenvalue weighted by molar-refractivity contribution is 5.47. The number of fused-ring (bicyclic) bond motifs is 1. The topological polar surface area (TPSA) is 40.5 Å². The number of hydrogen-bond donors (Lipinski definition) is 2. The van der Waals surface area contributed by atoms with Crippen LogP contribution in [0.4, 0.5) is 0 Å². The molecule has 2 N–H and O–H groups in total. The number of aliphatic hydroxyl groups excluding tert-OH is 2. The highest BCUT2D eigenvalue weighted by Gasteiger charge is 2.55. The average molecular weight is 302 g/mol. The second kappa shape index (κ2) is 5.65. The minimum atomic E-state index is -0.777. The fraction of sp³-hybridized carbons (Fsp3) is 0.700. The van der Waals surface area contributed by atoms with Crippen molar-refractivity contribution < 1.29 is 10.2 Å². The fourth-order valence-electron chi connectivity index (χ4n) is 4.94. The van der Waals surface area contributed by atoms with Gasteiger partial charge in [0.15, 0.2) is 0 Å². The summed E-state index contributed by atoms with van der Waals surface area (Å²) in [4.78, 5) is 0.